The molecule has 0 bridgehead atoms. The molecule has 0 amide bonds. The number of hydrogen-bond donors (Lipinski definition) is 1. The molecule has 0 aliphatic carbocycles. The molecule has 6 rings (SSSR count). The largest absolute Gasteiger partial charge is 0.493 e. The summed E-state index contributed by atoms with van der Waals surface area (Å²) in [7, 11) is 0. The molecule has 1 aliphatic rings. The first-order valence-corrected chi connectivity index (χ1v) is 14.6. The maximum absolute atomic E-state index is 13.6. The molecule has 3 aromatic carbocycles. The van der Waals surface area contributed by atoms with E-state index < -0.39 is 0 Å². The molecule has 1 N–H and O–H groups in total. The number of aryl methyl sites for hydroxylation is 4. The molecule has 0 radical (unpaired) electrons. The summed E-state index contributed by atoms with van der Waals surface area (Å²) in [5.74, 6) is 0.612. The van der Waals surface area contributed by atoms with Crippen LogP contribution in [-0.4, -0.2) is 40.6 Å². The van der Waals surface area contributed by atoms with E-state index in [4.69, 9.17) is 14.2 Å². The topological polar surface area (TPSA) is 78.4 Å². The van der Waals surface area contributed by atoms with Gasteiger partial charge in [0.05, 0.1) is 31.0 Å². The molecular weight excluding hydrogens is 514 g/mol. The lowest BCUT2D eigenvalue weighted by atomic mass is 9.94. The van der Waals surface area contributed by atoms with Gasteiger partial charge in [-0.1, -0.05) is 48.5 Å². The van der Waals surface area contributed by atoms with Gasteiger partial charge in [-0.3, -0.25) is 5.10 Å². The molecule has 7 heteroatoms. The van der Waals surface area contributed by atoms with Gasteiger partial charge in [0.25, 0.3) is 0 Å². The summed E-state index contributed by atoms with van der Waals surface area (Å²) in [5.41, 5.74) is 7.96. The van der Waals surface area contributed by atoms with Crippen LogP contribution in [0.25, 0.3) is 32.8 Å². The number of nitrogens with zero attached hydrogens (tertiary/aromatic N) is 2. The number of nitrogens with one attached hydrogen (secondary N) is 1. The Labute approximate surface area is 240 Å². The molecule has 212 valence electrons. The highest BCUT2D eigenvalue weighted by Gasteiger charge is 2.28. The standard InChI is InChI=1S/C34H37N3O4/c1-4-40-34(38)33-26(14-10-20-41-29-15-9-12-24-11-5-6-13-25(24)29)27-17-16-22(2)30-31-23(3)35-36-28(31)21-39-19-8-7-18-37(33)32(27)30/h5-6,9,11-13,15-17H,4,7-8,10,14,18-21H2,1-3H3,(H,35,36). The van der Waals surface area contributed by atoms with E-state index in [0.717, 1.165) is 80.3 Å². The summed E-state index contributed by atoms with van der Waals surface area (Å²) in [6.07, 6.45) is 3.26. The number of ether oxygens (including phenoxy) is 3. The van der Waals surface area contributed by atoms with Gasteiger partial charge in [-0.25, -0.2) is 4.79 Å². The molecule has 3 heterocycles. The van der Waals surface area contributed by atoms with Crippen LogP contribution in [0.15, 0.2) is 54.6 Å². The highest BCUT2D eigenvalue weighted by molar-refractivity contribution is 6.05. The molecule has 7 nitrogen and oxygen atoms in total. The lowest BCUT2D eigenvalue weighted by Gasteiger charge is -2.15. The summed E-state index contributed by atoms with van der Waals surface area (Å²) >= 11 is 0. The molecule has 2 aromatic heterocycles. The predicted octanol–water partition coefficient (Wildman–Crippen LogP) is 7.30. The van der Waals surface area contributed by atoms with Gasteiger partial charge in [0.1, 0.15) is 11.4 Å². The van der Waals surface area contributed by atoms with Crippen molar-refractivity contribution in [2.45, 2.75) is 59.6 Å². The zero-order chi connectivity index (χ0) is 28.3. The number of rotatable bonds is 7. The lowest BCUT2D eigenvalue weighted by Crippen LogP contribution is -2.15. The van der Waals surface area contributed by atoms with Crippen LogP contribution in [-0.2, 0) is 29.0 Å². The van der Waals surface area contributed by atoms with Crippen molar-refractivity contribution in [1.29, 1.82) is 0 Å². The van der Waals surface area contributed by atoms with Crippen LogP contribution in [0.1, 0.15) is 59.2 Å². The Morgan fingerprint density at radius 1 is 1.02 bits per heavy atom. The zero-order valence-electron chi connectivity index (χ0n) is 24.1. The molecule has 0 atom stereocenters. The molecule has 0 fully saturated rings. The summed E-state index contributed by atoms with van der Waals surface area (Å²) in [5, 5.41) is 11.1. The summed E-state index contributed by atoms with van der Waals surface area (Å²) in [6, 6.07) is 18.7. The number of fused-ring (bicyclic) bond motifs is 3. The third-order valence-corrected chi connectivity index (χ3v) is 8.02. The zero-order valence-corrected chi connectivity index (χ0v) is 24.1. The second kappa shape index (κ2) is 11.8. The van der Waals surface area contributed by atoms with Crippen molar-refractivity contribution in [3.8, 4) is 16.9 Å². The Hall–Kier alpha value is -4.10. The van der Waals surface area contributed by atoms with Crippen LogP contribution >= 0.6 is 0 Å². The monoisotopic (exact) mass is 551 g/mol. The SMILES string of the molecule is CCOC(=O)c1c(CCCOc2cccc3ccccc23)c2ccc(C)c3c2n1CCCCOCc1n[nH]c(C)c1-3. The number of hydrogen-bond acceptors (Lipinski definition) is 5. The third kappa shape index (κ3) is 5.10. The van der Waals surface area contributed by atoms with E-state index >= 15 is 0 Å². The van der Waals surface area contributed by atoms with Crippen molar-refractivity contribution in [3.05, 3.63) is 82.8 Å². The normalized spacial score (nSPS) is 13.6. The first-order valence-electron chi connectivity index (χ1n) is 14.6. The van der Waals surface area contributed by atoms with E-state index in [1.807, 2.05) is 31.2 Å². The van der Waals surface area contributed by atoms with Crippen LogP contribution in [0.3, 0.4) is 0 Å². The van der Waals surface area contributed by atoms with Crippen LogP contribution in [0.5, 0.6) is 5.75 Å². The summed E-state index contributed by atoms with van der Waals surface area (Å²) < 4.78 is 20.1. The van der Waals surface area contributed by atoms with Gasteiger partial charge in [0, 0.05) is 40.7 Å². The molecule has 0 spiro atoms. The van der Waals surface area contributed by atoms with E-state index in [9.17, 15) is 4.79 Å². The summed E-state index contributed by atoms with van der Waals surface area (Å²) in [4.78, 5) is 13.6. The molecule has 1 aliphatic heterocycles. The number of benzene rings is 3. The fourth-order valence-electron chi connectivity index (χ4n) is 6.15. The number of aromatic amines is 1. The number of carbonyl (C=O) groups excluding carboxylic acids is 1. The molecular formula is C34H37N3O4. The van der Waals surface area contributed by atoms with Crippen molar-refractivity contribution in [2.24, 2.45) is 0 Å². The Morgan fingerprint density at radius 2 is 1.88 bits per heavy atom. The van der Waals surface area contributed by atoms with Crippen molar-refractivity contribution < 1.29 is 19.0 Å². The molecule has 41 heavy (non-hydrogen) atoms. The van der Waals surface area contributed by atoms with Crippen molar-refractivity contribution in [1.82, 2.24) is 14.8 Å². The quantitative estimate of drug-likeness (QED) is 0.170. The number of carbonyl (C=O) groups is 1. The van der Waals surface area contributed by atoms with Crippen molar-refractivity contribution in [3.63, 3.8) is 0 Å². The van der Waals surface area contributed by atoms with E-state index in [1.54, 1.807) is 0 Å². The van der Waals surface area contributed by atoms with E-state index in [-0.39, 0.29) is 5.97 Å². The second-order valence-corrected chi connectivity index (χ2v) is 10.7. The maximum Gasteiger partial charge on any atom is 0.355 e. The van der Waals surface area contributed by atoms with Crippen LogP contribution in [0.2, 0.25) is 0 Å². The maximum atomic E-state index is 13.6. The highest BCUT2D eigenvalue weighted by Crippen LogP contribution is 2.40. The Morgan fingerprint density at radius 3 is 2.76 bits per heavy atom. The molecule has 0 saturated heterocycles. The van der Waals surface area contributed by atoms with E-state index in [2.05, 4.69) is 58.9 Å². The number of aromatic nitrogens is 3. The van der Waals surface area contributed by atoms with Gasteiger partial charge < -0.3 is 18.8 Å². The number of H-pyrrole nitrogens is 1. The summed E-state index contributed by atoms with van der Waals surface area (Å²) in [6.45, 7) is 8.73. The Bertz CT molecular complexity index is 1710. The number of esters is 1. The second-order valence-electron chi connectivity index (χ2n) is 10.7. The fraction of sp³-hybridized carbons (Fsp3) is 0.353. The highest BCUT2D eigenvalue weighted by atomic mass is 16.5. The molecule has 0 saturated carbocycles. The Kier molecular flexibility index (Phi) is 7.79. The van der Waals surface area contributed by atoms with Crippen LogP contribution in [0, 0.1) is 13.8 Å². The van der Waals surface area contributed by atoms with E-state index in [0.29, 0.717) is 45.1 Å². The minimum atomic E-state index is -0.271. The minimum absolute atomic E-state index is 0.271. The van der Waals surface area contributed by atoms with Crippen molar-refractivity contribution >= 4 is 27.6 Å². The van der Waals surface area contributed by atoms with Gasteiger partial charge in [0.2, 0.25) is 0 Å². The van der Waals surface area contributed by atoms with E-state index in [1.165, 1.54) is 0 Å². The van der Waals surface area contributed by atoms with Gasteiger partial charge in [-0.2, -0.15) is 5.10 Å². The van der Waals surface area contributed by atoms with Gasteiger partial charge in [-0.15, -0.1) is 0 Å². The van der Waals surface area contributed by atoms with Crippen LogP contribution < -0.4 is 4.74 Å². The minimum Gasteiger partial charge on any atom is -0.493 e. The first-order chi connectivity index (χ1) is 20.1. The van der Waals surface area contributed by atoms with Crippen LogP contribution in [0.4, 0.5) is 0 Å². The Balaban J connectivity index is 1.43. The third-order valence-electron chi connectivity index (χ3n) is 8.02. The van der Waals surface area contributed by atoms with Crippen molar-refractivity contribution in [2.75, 3.05) is 19.8 Å². The first kappa shape index (κ1) is 27.1. The lowest BCUT2D eigenvalue weighted by molar-refractivity contribution is 0.0512. The smallest absolute Gasteiger partial charge is 0.355 e. The van der Waals surface area contributed by atoms with Gasteiger partial charge in [-0.05, 0) is 69.0 Å². The average Bonchev–Trinajstić information content (AvgIpc) is 3.48. The average molecular weight is 552 g/mol. The van der Waals surface area contributed by atoms with Gasteiger partial charge >= 0.3 is 5.97 Å². The molecule has 5 aromatic rings. The van der Waals surface area contributed by atoms with Gasteiger partial charge in [0.15, 0.2) is 0 Å². The molecule has 0 unspecified atom stereocenters. The fourth-order valence-corrected chi connectivity index (χ4v) is 6.15. The predicted molar refractivity (Wildman–Crippen MR) is 162 cm³/mol.